The Kier molecular flexibility index (Phi) is 4.25. The Morgan fingerprint density at radius 1 is 1.00 bits per heavy atom. The summed E-state index contributed by atoms with van der Waals surface area (Å²) < 4.78 is 25.9. The highest BCUT2D eigenvalue weighted by atomic mass is 32.2. The van der Waals surface area contributed by atoms with Gasteiger partial charge in [0.1, 0.15) is 20.8 Å². The number of nitrogen functional groups attached to an aromatic ring is 1. The van der Waals surface area contributed by atoms with Crippen molar-refractivity contribution in [2.75, 3.05) is 11.1 Å². The van der Waals surface area contributed by atoms with Crippen molar-refractivity contribution >= 4 is 37.5 Å². The molecule has 0 aliphatic carbocycles. The summed E-state index contributed by atoms with van der Waals surface area (Å²) in [6.45, 7) is 0. The first kappa shape index (κ1) is 16.1. The van der Waals surface area contributed by atoms with Crippen LogP contribution in [0.3, 0.4) is 0 Å². The van der Waals surface area contributed by atoms with E-state index in [0.29, 0.717) is 10.7 Å². The number of para-hydroxylation sites is 1. The van der Waals surface area contributed by atoms with Crippen molar-refractivity contribution in [2.24, 2.45) is 0 Å². The Labute approximate surface area is 143 Å². The molecule has 1 heterocycles. The van der Waals surface area contributed by atoms with Gasteiger partial charge in [0.25, 0.3) is 0 Å². The molecule has 7 heteroatoms. The third-order valence-corrected chi connectivity index (χ3v) is 6.36. The predicted octanol–water partition coefficient (Wildman–Crippen LogP) is 3.78. The molecule has 0 saturated carbocycles. The van der Waals surface area contributed by atoms with Gasteiger partial charge in [-0.3, -0.25) is 0 Å². The Morgan fingerprint density at radius 3 is 2.17 bits per heavy atom. The maximum absolute atomic E-state index is 13.0. The number of sulfone groups is 1. The summed E-state index contributed by atoms with van der Waals surface area (Å²) in [6.07, 6.45) is 0. The molecule has 0 fully saturated rings. The second-order valence-electron chi connectivity index (χ2n) is 4.92. The number of anilines is 3. The van der Waals surface area contributed by atoms with Crippen molar-refractivity contribution in [3.63, 3.8) is 0 Å². The molecular formula is C17H13N3O2S2. The molecule has 0 saturated heterocycles. The minimum atomic E-state index is -3.84. The summed E-state index contributed by atoms with van der Waals surface area (Å²) in [5.41, 5.74) is 6.65. The lowest BCUT2D eigenvalue weighted by atomic mass is 10.3. The molecule has 0 aliphatic heterocycles. The Bertz CT molecular complexity index is 1010. The fraction of sp³-hybridized carbons (Fsp3) is 0. The van der Waals surface area contributed by atoms with Crippen molar-refractivity contribution in [2.45, 2.75) is 9.79 Å². The van der Waals surface area contributed by atoms with E-state index in [4.69, 9.17) is 5.73 Å². The minimum Gasteiger partial charge on any atom is -0.396 e. The van der Waals surface area contributed by atoms with Crippen LogP contribution in [0.15, 0.2) is 70.5 Å². The molecule has 24 heavy (non-hydrogen) atoms. The maximum Gasteiger partial charge on any atom is 0.211 e. The molecule has 3 rings (SSSR count). The first-order valence-electron chi connectivity index (χ1n) is 6.98. The zero-order valence-electron chi connectivity index (χ0n) is 12.4. The van der Waals surface area contributed by atoms with Crippen molar-refractivity contribution in [1.29, 1.82) is 5.26 Å². The summed E-state index contributed by atoms with van der Waals surface area (Å²) in [5.74, 6) is 0. The second-order valence-corrected chi connectivity index (χ2v) is 7.83. The standard InChI is InChI=1S/C17H13N3O2S2/c18-11-14-15(19)16(24(21,22)13-9-5-2-6-10-13)17(23-14)20-12-7-3-1-4-8-12/h1-10,20H,19H2. The van der Waals surface area contributed by atoms with Crippen molar-refractivity contribution in [1.82, 2.24) is 0 Å². The van der Waals surface area contributed by atoms with Gasteiger partial charge >= 0.3 is 0 Å². The second kappa shape index (κ2) is 6.35. The number of hydrogen-bond donors (Lipinski definition) is 2. The van der Waals surface area contributed by atoms with Crippen LogP contribution in [-0.4, -0.2) is 8.42 Å². The molecule has 0 aliphatic rings. The van der Waals surface area contributed by atoms with E-state index in [1.54, 1.807) is 30.3 Å². The molecule has 1 aromatic heterocycles. The van der Waals surface area contributed by atoms with Gasteiger partial charge in [-0.2, -0.15) is 5.26 Å². The number of nitrogens with two attached hydrogens (primary N) is 1. The fourth-order valence-electron chi connectivity index (χ4n) is 2.23. The molecule has 0 radical (unpaired) electrons. The highest BCUT2D eigenvalue weighted by Crippen LogP contribution is 2.42. The summed E-state index contributed by atoms with van der Waals surface area (Å²) in [5, 5.41) is 12.6. The lowest BCUT2D eigenvalue weighted by Gasteiger charge is -2.09. The topological polar surface area (TPSA) is 96.0 Å². The van der Waals surface area contributed by atoms with Crippen LogP contribution >= 0.6 is 11.3 Å². The minimum absolute atomic E-state index is 0.0233. The number of nitrogens with zero attached hydrogens (tertiary/aromatic N) is 1. The molecule has 0 unspecified atom stereocenters. The third kappa shape index (κ3) is 2.85. The zero-order valence-corrected chi connectivity index (χ0v) is 14.1. The van der Waals surface area contributed by atoms with Crippen LogP contribution in [0.5, 0.6) is 0 Å². The van der Waals surface area contributed by atoms with Gasteiger partial charge in [0.05, 0.1) is 10.6 Å². The summed E-state index contributed by atoms with van der Waals surface area (Å²) in [7, 11) is -3.84. The van der Waals surface area contributed by atoms with Crippen molar-refractivity contribution < 1.29 is 8.42 Å². The molecule has 3 N–H and O–H groups in total. The molecule has 0 atom stereocenters. The zero-order chi connectivity index (χ0) is 17.2. The summed E-state index contributed by atoms with van der Waals surface area (Å²) in [6, 6.07) is 19.1. The molecule has 120 valence electrons. The number of benzene rings is 2. The third-order valence-electron chi connectivity index (χ3n) is 3.36. The van der Waals surface area contributed by atoms with Gasteiger partial charge in [-0.15, -0.1) is 11.3 Å². The van der Waals surface area contributed by atoms with E-state index in [9.17, 15) is 13.7 Å². The fourth-order valence-corrected chi connectivity index (χ4v) is 5.02. The van der Waals surface area contributed by atoms with Gasteiger partial charge in [0.2, 0.25) is 9.84 Å². The lowest BCUT2D eigenvalue weighted by molar-refractivity contribution is 0.597. The average molecular weight is 355 g/mol. The Morgan fingerprint density at radius 2 is 1.58 bits per heavy atom. The van der Waals surface area contributed by atoms with Gasteiger partial charge in [-0.25, -0.2) is 8.42 Å². The lowest BCUT2D eigenvalue weighted by Crippen LogP contribution is -2.06. The predicted molar refractivity (Wildman–Crippen MR) is 95.1 cm³/mol. The van der Waals surface area contributed by atoms with Crippen LogP contribution in [-0.2, 0) is 9.84 Å². The molecule has 3 aromatic rings. The normalized spacial score (nSPS) is 11.0. The van der Waals surface area contributed by atoms with E-state index < -0.39 is 9.84 Å². The van der Waals surface area contributed by atoms with Gasteiger partial charge in [0, 0.05) is 5.69 Å². The molecule has 2 aromatic carbocycles. The summed E-state index contributed by atoms with van der Waals surface area (Å²) in [4.78, 5) is 0.247. The quantitative estimate of drug-likeness (QED) is 0.742. The maximum atomic E-state index is 13.0. The smallest absolute Gasteiger partial charge is 0.211 e. The van der Waals surface area contributed by atoms with Crippen LogP contribution < -0.4 is 11.1 Å². The van der Waals surface area contributed by atoms with E-state index in [0.717, 1.165) is 11.3 Å². The Hall–Kier alpha value is -2.82. The molecule has 0 bridgehead atoms. The van der Waals surface area contributed by atoms with Gasteiger partial charge in [0.15, 0.2) is 0 Å². The first-order chi connectivity index (χ1) is 11.5. The molecule has 5 nitrogen and oxygen atoms in total. The van der Waals surface area contributed by atoms with E-state index in [-0.39, 0.29) is 20.4 Å². The van der Waals surface area contributed by atoms with Crippen LogP contribution in [0.25, 0.3) is 0 Å². The number of nitriles is 1. The van der Waals surface area contributed by atoms with E-state index in [1.165, 1.54) is 12.1 Å². The first-order valence-corrected chi connectivity index (χ1v) is 9.28. The van der Waals surface area contributed by atoms with Crippen molar-refractivity contribution in [3.8, 4) is 6.07 Å². The highest BCUT2D eigenvalue weighted by Gasteiger charge is 2.29. The van der Waals surface area contributed by atoms with Crippen LogP contribution in [0.4, 0.5) is 16.4 Å². The van der Waals surface area contributed by atoms with Crippen molar-refractivity contribution in [3.05, 3.63) is 65.5 Å². The monoisotopic (exact) mass is 355 g/mol. The van der Waals surface area contributed by atoms with Gasteiger partial charge in [-0.1, -0.05) is 36.4 Å². The van der Waals surface area contributed by atoms with Gasteiger partial charge < -0.3 is 11.1 Å². The van der Waals surface area contributed by atoms with Crippen LogP contribution in [0, 0.1) is 11.3 Å². The van der Waals surface area contributed by atoms with Crippen LogP contribution in [0.1, 0.15) is 4.88 Å². The molecule has 0 spiro atoms. The molecule has 0 amide bonds. The highest BCUT2D eigenvalue weighted by molar-refractivity contribution is 7.92. The average Bonchev–Trinajstić information content (AvgIpc) is 2.92. The van der Waals surface area contributed by atoms with E-state index >= 15 is 0 Å². The number of thiophene rings is 1. The van der Waals surface area contributed by atoms with Gasteiger partial charge in [-0.05, 0) is 24.3 Å². The molecular weight excluding hydrogens is 342 g/mol. The number of nitrogens with one attached hydrogen (secondary N) is 1. The van der Waals surface area contributed by atoms with E-state index in [1.807, 2.05) is 24.3 Å². The van der Waals surface area contributed by atoms with E-state index in [2.05, 4.69) is 5.32 Å². The number of rotatable bonds is 4. The number of hydrogen-bond acceptors (Lipinski definition) is 6. The summed E-state index contributed by atoms with van der Waals surface area (Å²) >= 11 is 1.03. The largest absolute Gasteiger partial charge is 0.396 e. The Balaban J connectivity index is 2.17. The SMILES string of the molecule is N#Cc1sc(Nc2ccccc2)c(S(=O)(=O)c2ccccc2)c1N. The van der Waals surface area contributed by atoms with Crippen LogP contribution in [0.2, 0.25) is 0 Å².